The van der Waals surface area contributed by atoms with Crippen LogP contribution in [0.1, 0.15) is 61.6 Å². The minimum Gasteiger partial charge on any atom is -0.351 e. The van der Waals surface area contributed by atoms with Crippen LogP contribution >= 0.6 is 0 Å². The molecule has 9 heteroatoms. The number of carbonyl (C=O) groups excluding carboxylic acids is 1. The number of hydrogen-bond donors (Lipinski definition) is 1. The smallest absolute Gasteiger partial charge is 0.260 e. The molecule has 0 saturated carbocycles. The summed E-state index contributed by atoms with van der Waals surface area (Å²) in [6.45, 7) is 8.47. The third-order valence-electron chi connectivity index (χ3n) is 6.87. The van der Waals surface area contributed by atoms with Gasteiger partial charge in [-0.3, -0.25) is 9.69 Å². The van der Waals surface area contributed by atoms with Gasteiger partial charge in [-0.15, -0.1) is 10.2 Å². The Balaban J connectivity index is 1.51. The molecule has 0 radical (unpaired) electrons. The van der Waals surface area contributed by atoms with E-state index in [1.54, 1.807) is 11.2 Å². The van der Waals surface area contributed by atoms with Crippen LogP contribution in [0.2, 0.25) is 0 Å². The highest BCUT2D eigenvalue weighted by Crippen LogP contribution is 2.35. The van der Waals surface area contributed by atoms with Crippen LogP contribution in [-0.4, -0.2) is 49.8 Å². The third-order valence-corrected chi connectivity index (χ3v) is 6.87. The van der Waals surface area contributed by atoms with Gasteiger partial charge in [-0.05, 0) is 58.4 Å². The average Bonchev–Trinajstić information content (AvgIpc) is 3.52. The molecule has 0 aliphatic carbocycles. The van der Waals surface area contributed by atoms with E-state index < -0.39 is 0 Å². The highest BCUT2D eigenvalue weighted by Gasteiger charge is 2.35. The summed E-state index contributed by atoms with van der Waals surface area (Å²) in [5.41, 5.74) is 3.34. The van der Waals surface area contributed by atoms with Crippen LogP contribution in [0.15, 0.2) is 30.6 Å². The monoisotopic (exact) mass is 460 g/mol. The lowest BCUT2D eigenvalue weighted by Crippen LogP contribution is -2.34. The van der Waals surface area contributed by atoms with Crippen LogP contribution < -0.4 is 15.1 Å². The van der Waals surface area contributed by atoms with E-state index >= 15 is 0 Å². The Morgan fingerprint density at radius 1 is 1.12 bits per heavy atom. The van der Waals surface area contributed by atoms with E-state index in [0.717, 1.165) is 48.4 Å². The summed E-state index contributed by atoms with van der Waals surface area (Å²) in [7, 11) is 1.91. The van der Waals surface area contributed by atoms with Crippen molar-refractivity contribution in [2.24, 2.45) is 0 Å². The van der Waals surface area contributed by atoms with Gasteiger partial charge in [0.15, 0.2) is 5.82 Å². The highest BCUT2D eigenvalue weighted by molar-refractivity contribution is 6.10. The number of nitrogens with one attached hydrogen (secondary N) is 1. The molecule has 1 fully saturated rings. The van der Waals surface area contributed by atoms with Gasteiger partial charge in [0.1, 0.15) is 23.7 Å². The Morgan fingerprint density at radius 2 is 1.91 bits per heavy atom. The van der Waals surface area contributed by atoms with Gasteiger partial charge >= 0.3 is 0 Å². The van der Waals surface area contributed by atoms with E-state index in [1.807, 2.05) is 35.9 Å². The average molecular weight is 461 g/mol. The summed E-state index contributed by atoms with van der Waals surface area (Å²) in [6.07, 6.45) is 4.98. The molecule has 2 aliphatic rings. The van der Waals surface area contributed by atoms with Crippen molar-refractivity contribution < 1.29 is 4.79 Å². The van der Waals surface area contributed by atoms with Crippen molar-refractivity contribution in [2.45, 2.75) is 71.8 Å². The van der Waals surface area contributed by atoms with Crippen molar-refractivity contribution in [1.29, 1.82) is 0 Å². The first-order valence-corrected chi connectivity index (χ1v) is 12.1. The van der Waals surface area contributed by atoms with Crippen molar-refractivity contribution >= 4 is 17.5 Å². The number of hydrogen-bond acceptors (Lipinski definition) is 7. The number of aromatic nitrogens is 5. The fourth-order valence-electron chi connectivity index (χ4n) is 5.19. The molecule has 2 aliphatic heterocycles. The molecule has 3 aromatic heterocycles. The molecule has 3 aromatic rings. The van der Waals surface area contributed by atoms with Gasteiger partial charge in [0.05, 0.1) is 17.8 Å². The number of nitrogens with zero attached hydrogens (tertiary/aromatic N) is 7. The topological polar surface area (TPSA) is 92.1 Å². The minimum absolute atomic E-state index is 0.0322. The predicted molar refractivity (Wildman–Crippen MR) is 132 cm³/mol. The summed E-state index contributed by atoms with van der Waals surface area (Å²) in [6, 6.07) is 8.52. The molecule has 2 atom stereocenters. The molecule has 34 heavy (non-hydrogen) atoms. The molecule has 1 amide bonds. The van der Waals surface area contributed by atoms with Gasteiger partial charge in [0.2, 0.25) is 0 Å². The zero-order valence-corrected chi connectivity index (χ0v) is 20.3. The second-order valence-electron chi connectivity index (χ2n) is 9.29. The Hall–Kier alpha value is -3.33. The quantitative estimate of drug-likeness (QED) is 0.578. The van der Waals surface area contributed by atoms with Crippen LogP contribution in [0.5, 0.6) is 0 Å². The zero-order chi connectivity index (χ0) is 23.8. The summed E-state index contributed by atoms with van der Waals surface area (Å²) in [4.78, 5) is 27.6. The minimum atomic E-state index is -0.0322. The molecule has 0 spiro atoms. The van der Waals surface area contributed by atoms with Gasteiger partial charge < -0.3 is 14.8 Å². The number of pyridine rings is 2. The normalized spacial score (nSPS) is 19.8. The first-order valence-electron chi connectivity index (χ1n) is 12.1. The van der Waals surface area contributed by atoms with E-state index in [4.69, 9.17) is 9.97 Å². The molecule has 1 saturated heterocycles. The third kappa shape index (κ3) is 3.83. The van der Waals surface area contributed by atoms with E-state index in [1.165, 1.54) is 0 Å². The van der Waals surface area contributed by atoms with Crippen molar-refractivity contribution in [1.82, 2.24) is 30.0 Å². The Labute approximate surface area is 200 Å². The largest absolute Gasteiger partial charge is 0.351 e. The first kappa shape index (κ1) is 22.5. The van der Waals surface area contributed by atoms with E-state index in [0.29, 0.717) is 42.5 Å². The lowest BCUT2D eigenvalue weighted by atomic mass is 10.1. The zero-order valence-electron chi connectivity index (χ0n) is 20.3. The maximum Gasteiger partial charge on any atom is 0.260 e. The molecule has 9 nitrogen and oxygen atoms in total. The fourth-order valence-corrected chi connectivity index (χ4v) is 5.19. The van der Waals surface area contributed by atoms with Crippen molar-refractivity contribution in [3.05, 3.63) is 47.4 Å². The van der Waals surface area contributed by atoms with Crippen molar-refractivity contribution in [2.75, 3.05) is 16.8 Å². The van der Waals surface area contributed by atoms with E-state index in [-0.39, 0.29) is 5.91 Å². The predicted octanol–water partition coefficient (Wildman–Crippen LogP) is 3.40. The van der Waals surface area contributed by atoms with Crippen LogP contribution in [0.3, 0.4) is 0 Å². The van der Waals surface area contributed by atoms with Gasteiger partial charge in [-0.1, -0.05) is 13.0 Å². The lowest BCUT2D eigenvalue weighted by molar-refractivity contribution is 0.0996. The highest BCUT2D eigenvalue weighted by atomic mass is 16.2. The van der Waals surface area contributed by atoms with Gasteiger partial charge in [0.25, 0.3) is 5.91 Å². The second-order valence-corrected chi connectivity index (χ2v) is 9.29. The van der Waals surface area contributed by atoms with Crippen molar-refractivity contribution in [3.8, 4) is 11.5 Å². The molecule has 0 bridgehead atoms. The molecule has 5 heterocycles. The first-order chi connectivity index (χ1) is 16.5. The maximum absolute atomic E-state index is 13.6. The van der Waals surface area contributed by atoms with Gasteiger partial charge in [0, 0.05) is 30.7 Å². The fraction of sp³-hybridized carbons (Fsp3) is 0.480. The lowest BCUT2D eigenvalue weighted by Gasteiger charge is -2.28. The number of amides is 1. The number of rotatable bonds is 7. The van der Waals surface area contributed by atoms with Crippen LogP contribution in [0, 0.1) is 0 Å². The van der Waals surface area contributed by atoms with Crippen molar-refractivity contribution in [3.63, 3.8) is 0 Å². The van der Waals surface area contributed by atoms with E-state index in [2.05, 4.69) is 41.2 Å². The molecular formula is C25H32N8O. The van der Waals surface area contributed by atoms with Gasteiger partial charge in [-0.25, -0.2) is 9.97 Å². The van der Waals surface area contributed by atoms with Crippen LogP contribution in [0.25, 0.3) is 11.5 Å². The molecule has 0 unspecified atom stereocenters. The Kier molecular flexibility index (Phi) is 6.03. The van der Waals surface area contributed by atoms with Crippen LogP contribution in [-0.2, 0) is 19.6 Å². The van der Waals surface area contributed by atoms with Crippen LogP contribution in [0.4, 0.5) is 11.6 Å². The van der Waals surface area contributed by atoms with Gasteiger partial charge in [-0.2, -0.15) is 0 Å². The number of carbonyl (C=O) groups is 1. The number of fused-ring (bicyclic) bond motifs is 1. The Bertz CT molecular complexity index is 1200. The Morgan fingerprint density at radius 3 is 2.65 bits per heavy atom. The summed E-state index contributed by atoms with van der Waals surface area (Å²) in [5.74, 6) is 2.19. The SMILES string of the molecule is CCCn1cnnc1-c1cccc(N2Cc3c(cc(N4[C@H](C)CC[C@H]4C)nc3CNC)C2=O)n1. The maximum atomic E-state index is 13.6. The second kappa shape index (κ2) is 9.13. The molecule has 178 valence electrons. The number of aryl methyl sites for hydroxylation is 1. The number of anilines is 2. The summed E-state index contributed by atoms with van der Waals surface area (Å²) in [5, 5.41) is 11.5. The standard InChI is InChI=1S/C25H32N8O/c1-5-11-31-15-27-30-24(31)20-7-6-8-22(28-20)32-14-19-18(25(32)34)12-23(29-21(19)13-26-4)33-16(2)9-10-17(33)3/h6-8,12,15-17,26H,5,9-11,13-14H2,1-4H3/t16-,17-/m1/s1. The molecule has 5 rings (SSSR count). The summed E-state index contributed by atoms with van der Waals surface area (Å²) < 4.78 is 1.99. The molecule has 1 N–H and O–H groups in total. The summed E-state index contributed by atoms with van der Waals surface area (Å²) >= 11 is 0. The van der Waals surface area contributed by atoms with E-state index in [9.17, 15) is 4.79 Å². The molecule has 0 aromatic carbocycles. The molecular weight excluding hydrogens is 428 g/mol.